The van der Waals surface area contributed by atoms with Crippen molar-refractivity contribution in [2.45, 2.75) is 39.5 Å². The summed E-state index contributed by atoms with van der Waals surface area (Å²) in [4.78, 5) is 13.2. The maximum absolute atomic E-state index is 13.2. The normalized spacial score (nSPS) is 55.7. The van der Waals surface area contributed by atoms with Gasteiger partial charge in [0.1, 0.15) is 5.78 Å². The molecule has 18 heavy (non-hydrogen) atoms. The Morgan fingerprint density at radius 3 is 1.61 bits per heavy atom. The zero-order valence-electron chi connectivity index (χ0n) is 11.4. The van der Waals surface area contributed by atoms with E-state index in [-0.39, 0.29) is 10.8 Å². The zero-order chi connectivity index (χ0) is 12.5. The third kappa shape index (κ3) is 1.16. The Labute approximate surface area is 109 Å². The second-order valence-electron chi connectivity index (χ2n) is 7.55. The molecule has 0 aromatic rings. The van der Waals surface area contributed by atoms with Gasteiger partial charge in [0.15, 0.2) is 0 Å². The molecule has 4 aliphatic carbocycles. The standard InChI is InChI=1S/C17H22O/c1-16(9-11-3-5-13(16)7-11)15(18)17(2)10-12-4-6-14(17)8-12/h3-6,11-14H,7-10H2,1-2H3. The number of Topliss-reactive ketones (excluding diaryl/α,β-unsaturated/α-hetero) is 1. The average Bonchev–Trinajstić information content (AvgIpc) is 3.05. The second-order valence-corrected chi connectivity index (χ2v) is 7.55. The molecule has 1 nitrogen and oxygen atoms in total. The van der Waals surface area contributed by atoms with E-state index in [4.69, 9.17) is 0 Å². The molecule has 96 valence electrons. The monoisotopic (exact) mass is 242 g/mol. The number of fused-ring (bicyclic) bond motifs is 4. The minimum atomic E-state index is -0.0630. The topological polar surface area (TPSA) is 17.1 Å². The first-order chi connectivity index (χ1) is 8.52. The smallest absolute Gasteiger partial charge is 0.145 e. The van der Waals surface area contributed by atoms with Crippen LogP contribution in [0.25, 0.3) is 0 Å². The molecule has 6 atom stereocenters. The first-order valence-corrected chi connectivity index (χ1v) is 7.44. The molecule has 0 spiro atoms. The van der Waals surface area contributed by atoms with Crippen molar-refractivity contribution in [2.24, 2.45) is 34.5 Å². The van der Waals surface area contributed by atoms with Gasteiger partial charge < -0.3 is 0 Å². The van der Waals surface area contributed by atoms with Gasteiger partial charge in [0, 0.05) is 10.8 Å². The fourth-order valence-corrected chi connectivity index (χ4v) is 5.36. The molecule has 0 aromatic carbocycles. The summed E-state index contributed by atoms with van der Waals surface area (Å²) in [5.41, 5.74) is -0.126. The molecular weight excluding hydrogens is 220 g/mol. The first kappa shape index (κ1) is 11.0. The number of hydrogen-bond donors (Lipinski definition) is 0. The van der Waals surface area contributed by atoms with Gasteiger partial charge >= 0.3 is 0 Å². The first-order valence-electron chi connectivity index (χ1n) is 7.44. The van der Waals surface area contributed by atoms with Crippen LogP contribution in [0.15, 0.2) is 24.3 Å². The van der Waals surface area contributed by atoms with Crippen LogP contribution in [0.5, 0.6) is 0 Å². The zero-order valence-corrected chi connectivity index (χ0v) is 11.4. The van der Waals surface area contributed by atoms with Gasteiger partial charge in [-0.25, -0.2) is 0 Å². The molecule has 0 heterocycles. The van der Waals surface area contributed by atoms with Crippen LogP contribution in [0, 0.1) is 34.5 Å². The lowest BCUT2D eigenvalue weighted by Crippen LogP contribution is -2.44. The minimum absolute atomic E-state index is 0.0630. The molecule has 4 rings (SSSR count). The average molecular weight is 242 g/mol. The molecule has 4 bridgehead atoms. The molecule has 0 amide bonds. The van der Waals surface area contributed by atoms with Crippen LogP contribution in [-0.4, -0.2) is 5.78 Å². The second kappa shape index (κ2) is 3.18. The number of rotatable bonds is 2. The van der Waals surface area contributed by atoms with Gasteiger partial charge in [-0.3, -0.25) is 4.79 Å². The van der Waals surface area contributed by atoms with Crippen molar-refractivity contribution in [3.63, 3.8) is 0 Å². The summed E-state index contributed by atoms with van der Waals surface area (Å²) >= 11 is 0. The van der Waals surface area contributed by atoms with Crippen molar-refractivity contribution in [2.75, 3.05) is 0 Å². The molecule has 4 aliphatic rings. The van der Waals surface area contributed by atoms with Crippen molar-refractivity contribution in [1.29, 1.82) is 0 Å². The van der Waals surface area contributed by atoms with Gasteiger partial charge in [0.2, 0.25) is 0 Å². The highest BCUT2D eigenvalue weighted by Crippen LogP contribution is 2.60. The van der Waals surface area contributed by atoms with E-state index >= 15 is 0 Å². The van der Waals surface area contributed by atoms with E-state index in [1.165, 1.54) is 12.8 Å². The van der Waals surface area contributed by atoms with Gasteiger partial charge in [-0.2, -0.15) is 0 Å². The van der Waals surface area contributed by atoms with Crippen molar-refractivity contribution < 1.29 is 4.79 Å². The third-order valence-corrected chi connectivity index (χ3v) is 6.39. The Morgan fingerprint density at radius 2 is 1.33 bits per heavy atom. The van der Waals surface area contributed by atoms with Crippen LogP contribution < -0.4 is 0 Å². The lowest BCUT2D eigenvalue weighted by molar-refractivity contribution is -0.140. The van der Waals surface area contributed by atoms with Crippen molar-refractivity contribution in [3.05, 3.63) is 24.3 Å². The maximum Gasteiger partial charge on any atom is 0.145 e. The van der Waals surface area contributed by atoms with Gasteiger partial charge in [-0.05, 0) is 49.4 Å². The van der Waals surface area contributed by atoms with Gasteiger partial charge in [0.05, 0.1) is 0 Å². The largest absolute Gasteiger partial charge is 0.298 e. The fraction of sp³-hybridized carbons (Fsp3) is 0.706. The van der Waals surface area contributed by atoms with E-state index in [1.807, 2.05) is 0 Å². The molecular formula is C17H22O. The predicted molar refractivity (Wildman–Crippen MR) is 71.9 cm³/mol. The summed E-state index contributed by atoms with van der Waals surface area (Å²) in [6, 6.07) is 0. The number of ketones is 1. The number of hydrogen-bond acceptors (Lipinski definition) is 1. The van der Waals surface area contributed by atoms with Crippen LogP contribution in [0.1, 0.15) is 39.5 Å². The SMILES string of the molecule is CC1(C(=O)C2(C)CC3C=CC2C3)CC2C=CC1C2. The highest BCUT2D eigenvalue weighted by molar-refractivity contribution is 5.92. The number of allylic oxidation sites excluding steroid dienone is 4. The highest BCUT2D eigenvalue weighted by atomic mass is 16.1. The Morgan fingerprint density at radius 1 is 0.889 bits per heavy atom. The van der Waals surface area contributed by atoms with Crippen LogP contribution >= 0.6 is 0 Å². The van der Waals surface area contributed by atoms with Crippen molar-refractivity contribution in [1.82, 2.24) is 0 Å². The van der Waals surface area contributed by atoms with E-state index in [2.05, 4.69) is 38.2 Å². The maximum atomic E-state index is 13.2. The van der Waals surface area contributed by atoms with E-state index < -0.39 is 0 Å². The quantitative estimate of drug-likeness (QED) is 0.674. The van der Waals surface area contributed by atoms with Crippen molar-refractivity contribution in [3.8, 4) is 0 Å². The molecule has 0 aliphatic heterocycles. The van der Waals surface area contributed by atoms with Gasteiger partial charge in [-0.1, -0.05) is 38.2 Å². The van der Waals surface area contributed by atoms with E-state index in [0.717, 1.165) is 12.8 Å². The van der Waals surface area contributed by atoms with Crippen LogP contribution in [0.3, 0.4) is 0 Å². The molecule has 0 saturated heterocycles. The van der Waals surface area contributed by atoms with Crippen LogP contribution in [0.4, 0.5) is 0 Å². The Bertz CT molecular complexity index is 432. The summed E-state index contributed by atoms with van der Waals surface area (Å²) in [5.74, 6) is 2.98. The minimum Gasteiger partial charge on any atom is -0.298 e. The molecule has 1 heteroatoms. The summed E-state index contributed by atoms with van der Waals surface area (Å²) in [5, 5.41) is 0. The number of carbonyl (C=O) groups excluding carboxylic acids is 1. The van der Waals surface area contributed by atoms with E-state index in [0.29, 0.717) is 29.5 Å². The summed E-state index contributed by atoms with van der Waals surface area (Å²) in [7, 11) is 0. The lowest BCUT2D eigenvalue weighted by atomic mass is 9.61. The molecule has 6 unspecified atom stereocenters. The summed E-state index contributed by atoms with van der Waals surface area (Å²) in [6.45, 7) is 4.48. The third-order valence-electron chi connectivity index (χ3n) is 6.39. The highest BCUT2D eigenvalue weighted by Gasteiger charge is 2.59. The summed E-state index contributed by atoms with van der Waals surface area (Å²) in [6.07, 6.45) is 14.0. The van der Waals surface area contributed by atoms with Crippen LogP contribution in [-0.2, 0) is 4.79 Å². The predicted octanol–water partition coefficient (Wildman–Crippen LogP) is 3.76. The molecule has 0 N–H and O–H groups in total. The van der Waals surface area contributed by atoms with Crippen molar-refractivity contribution >= 4 is 5.78 Å². The van der Waals surface area contributed by atoms with Gasteiger partial charge in [-0.15, -0.1) is 0 Å². The van der Waals surface area contributed by atoms with E-state index in [1.54, 1.807) is 0 Å². The van der Waals surface area contributed by atoms with Gasteiger partial charge in [0.25, 0.3) is 0 Å². The van der Waals surface area contributed by atoms with Crippen LogP contribution in [0.2, 0.25) is 0 Å². The molecule has 2 saturated carbocycles. The molecule has 0 radical (unpaired) electrons. The molecule has 0 aromatic heterocycles. The Kier molecular flexibility index (Phi) is 1.95. The molecule has 2 fully saturated rings. The Hall–Kier alpha value is -0.850. The fourth-order valence-electron chi connectivity index (χ4n) is 5.36. The van der Waals surface area contributed by atoms with E-state index in [9.17, 15) is 4.79 Å². The number of carbonyl (C=O) groups is 1. The Balaban J connectivity index is 1.68. The lowest BCUT2D eigenvalue weighted by Gasteiger charge is -2.40. The summed E-state index contributed by atoms with van der Waals surface area (Å²) < 4.78 is 0.